The Balaban J connectivity index is 2.38. The van der Waals surface area contributed by atoms with Crippen molar-refractivity contribution in [3.63, 3.8) is 0 Å². The molecular formula is C14H11ClFN5O3. The number of aromatic amines is 1. The second-order valence-electron chi connectivity index (χ2n) is 4.91. The number of aromatic nitrogens is 4. The molecule has 3 rings (SSSR count). The van der Waals surface area contributed by atoms with Gasteiger partial charge in [0.25, 0.3) is 5.56 Å². The van der Waals surface area contributed by atoms with Crippen LogP contribution in [0.2, 0.25) is 5.02 Å². The van der Waals surface area contributed by atoms with Crippen LogP contribution < -0.4 is 11.3 Å². The topological polar surface area (TPSA) is 116 Å². The second-order valence-corrected chi connectivity index (χ2v) is 5.31. The van der Waals surface area contributed by atoms with Crippen molar-refractivity contribution >= 4 is 28.6 Å². The number of benzene rings is 1. The number of nitrogens with one attached hydrogen (secondary N) is 1. The first-order valence-corrected chi connectivity index (χ1v) is 7.14. The van der Waals surface area contributed by atoms with Crippen LogP contribution in [0.5, 0.6) is 0 Å². The number of H-pyrrole nitrogens is 1. The molecule has 10 heteroatoms. The third kappa shape index (κ3) is 2.69. The first kappa shape index (κ1) is 15.9. The smallest absolute Gasteiger partial charge is 0.405 e. The van der Waals surface area contributed by atoms with Crippen molar-refractivity contribution in [1.29, 1.82) is 0 Å². The highest BCUT2D eigenvalue weighted by atomic mass is 35.5. The number of ether oxygens (including phenoxy) is 1. The van der Waals surface area contributed by atoms with Crippen LogP contribution in [0.15, 0.2) is 29.2 Å². The number of amides is 1. The molecule has 24 heavy (non-hydrogen) atoms. The Morgan fingerprint density at radius 3 is 2.88 bits per heavy atom. The molecule has 1 unspecified atom stereocenters. The van der Waals surface area contributed by atoms with Gasteiger partial charge >= 0.3 is 6.09 Å². The number of hydrogen-bond acceptors (Lipinski definition) is 5. The number of rotatable bonds is 3. The molecule has 0 radical (unpaired) electrons. The summed E-state index contributed by atoms with van der Waals surface area (Å²) in [5, 5.41) is 6.42. The first-order valence-electron chi connectivity index (χ1n) is 6.76. The molecule has 0 spiro atoms. The highest BCUT2D eigenvalue weighted by Gasteiger charge is 2.22. The fourth-order valence-corrected chi connectivity index (χ4v) is 2.58. The molecular weight excluding hydrogens is 341 g/mol. The highest BCUT2D eigenvalue weighted by Crippen LogP contribution is 2.25. The van der Waals surface area contributed by atoms with E-state index in [2.05, 4.69) is 15.2 Å². The van der Waals surface area contributed by atoms with E-state index in [0.29, 0.717) is 0 Å². The predicted molar refractivity (Wildman–Crippen MR) is 83.5 cm³/mol. The maximum absolute atomic E-state index is 13.6. The van der Waals surface area contributed by atoms with Gasteiger partial charge in [0.1, 0.15) is 5.82 Å². The van der Waals surface area contributed by atoms with Crippen LogP contribution in [-0.2, 0) is 4.74 Å². The van der Waals surface area contributed by atoms with Crippen molar-refractivity contribution in [3.05, 3.63) is 51.4 Å². The normalized spacial score (nSPS) is 12.3. The minimum atomic E-state index is -1.03. The average Bonchev–Trinajstić information content (AvgIpc) is 3.01. The Hall–Kier alpha value is -2.94. The van der Waals surface area contributed by atoms with Gasteiger partial charge in [-0.2, -0.15) is 5.10 Å². The van der Waals surface area contributed by atoms with Crippen molar-refractivity contribution in [1.82, 2.24) is 19.7 Å². The lowest BCUT2D eigenvalue weighted by Gasteiger charge is -2.17. The van der Waals surface area contributed by atoms with Crippen LogP contribution in [0.1, 0.15) is 18.9 Å². The minimum Gasteiger partial charge on any atom is -0.439 e. The number of nitrogens with zero attached hydrogens (tertiary/aromatic N) is 3. The zero-order chi connectivity index (χ0) is 17.4. The van der Waals surface area contributed by atoms with Gasteiger partial charge in [0.15, 0.2) is 17.7 Å². The molecule has 0 aliphatic heterocycles. The van der Waals surface area contributed by atoms with Crippen LogP contribution in [0.25, 0.3) is 16.7 Å². The SMILES string of the molecule is CC(OC(N)=O)c1nc2c(Cl)cc(F)cc2c(=O)n1-c1cc[nH]n1. The van der Waals surface area contributed by atoms with Crippen LogP contribution in [0.3, 0.4) is 0 Å². The molecule has 3 aromatic rings. The summed E-state index contributed by atoms with van der Waals surface area (Å²) in [6, 6.07) is 3.58. The number of fused-ring (bicyclic) bond motifs is 1. The van der Waals surface area contributed by atoms with Crippen molar-refractivity contribution in [2.45, 2.75) is 13.0 Å². The molecule has 0 aliphatic carbocycles. The van der Waals surface area contributed by atoms with Crippen molar-refractivity contribution in [3.8, 4) is 5.82 Å². The lowest BCUT2D eigenvalue weighted by Crippen LogP contribution is -2.28. The van der Waals surface area contributed by atoms with Gasteiger partial charge in [-0.3, -0.25) is 9.89 Å². The summed E-state index contributed by atoms with van der Waals surface area (Å²) in [6.45, 7) is 1.49. The zero-order valence-electron chi connectivity index (χ0n) is 12.3. The van der Waals surface area contributed by atoms with E-state index in [1.807, 2.05) is 0 Å². The van der Waals surface area contributed by atoms with Gasteiger partial charge < -0.3 is 10.5 Å². The van der Waals surface area contributed by atoms with E-state index in [1.165, 1.54) is 19.2 Å². The van der Waals surface area contributed by atoms with E-state index in [1.54, 1.807) is 0 Å². The molecule has 8 nitrogen and oxygen atoms in total. The molecule has 1 amide bonds. The molecule has 2 aromatic heterocycles. The zero-order valence-corrected chi connectivity index (χ0v) is 13.0. The van der Waals surface area contributed by atoms with Gasteiger partial charge in [-0.15, -0.1) is 0 Å². The number of halogens is 2. The van der Waals surface area contributed by atoms with E-state index < -0.39 is 23.6 Å². The van der Waals surface area contributed by atoms with Crippen LogP contribution in [0, 0.1) is 5.82 Å². The summed E-state index contributed by atoms with van der Waals surface area (Å²) in [6.07, 6.45) is -0.499. The number of nitrogens with two attached hydrogens (primary N) is 1. The second kappa shape index (κ2) is 5.93. The molecule has 0 saturated heterocycles. The quantitative estimate of drug-likeness (QED) is 0.749. The lowest BCUT2D eigenvalue weighted by atomic mass is 10.2. The van der Waals surface area contributed by atoms with Crippen LogP contribution >= 0.6 is 11.6 Å². The number of carbonyl (C=O) groups excluding carboxylic acids is 1. The molecule has 1 aromatic carbocycles. The van der Waals surface area contributed by atoms with Gasteiger partial charge in [0.2, 0.25) is 0 Å². The third-order valence-corrected chi connectivity index (χ3v) is 3.58. The molecule has 2 heterocycles. The largest absolute Gasteiger partial charge is 0.439 e. The highest BCUT2D eigenvalue weighted by molar-refractivity contribution is 6.35. The van der Waals surface area contributed by atoms with E-state index in [4.69, 9.17) is 22.1 Å². The first-order chi connectivity index (χ1) is 11.4. The van der Waals surface area contributed by atoms with E-state index in [0.717, 1.165) is 16.7 Å². The van der Waals surface area contributed by atoms with E-state index in [-0.39, 0.29) is 27.6 Å². The summed E-state index contributed by atoms with van der Waals surface area (Å²) < 4.78 is 19.6. The maximum Gasteiger partial charge on any atom is 0.405 e. The fourth-order valence-electron chi connectivity index (χ4n) is 2.33. The van der Waals surface area contributed by atoms with Crippen LogP contribution in [0.4, 0.5) is 9.18 Å². The van der Waals surface area contributed by atoms with Gasteiger partial charge in [-0.05, 0) is 19.1 Å². The van der Waals surface area contributed by atoms with Crippen molar-refractivity contribution < 1.29 is 13.9 Å². The summed E-state index contributed by atoms with van der Waals surface area (Å²) in [7, 11) is 0. The number of carbonyl (C=O) groups is 1. The summed E-state index contributed by atoms with van der Waals surface area (Å²) in [5.41, 5.74) is 4.51. The summed E-state index contributed by atoms with van der Waals surface area (Å²) >= 11 is 5.99. The molecule has 1 atom stereocenters. The van der Waals surface area contributed by atoms with Crippen molar-refractivity contribution in [2.24, 2.45) is 5.73 Å². The summed E-state index contributed by atoms with van der Waals surface area (Å²) in [4.78, 5) is 28.1. The molecule has 124 valence electrons. The van der Waals surface area contributed by atoms with E-state index >= 15 is 0 Å². The molecule has 3 N–H and O–H groups in total. The van der Waals surface area contributed by atoms with Gasteiger partial charge in [-0.25, -0.2) is 18.7 Å². The molecule has 0 aliphatic rings. The fraction of sp³-hybridized carbons (Fsp3) is 0.143. The van der Waals surface area contributed by atoms with Gasteiger partial charge in [-0.1, -0.05) is 11.6 Å². The Morgan fingerprint density at radius 1 is 1.50 bits per heavy atom. The molecule has 0 fully saturated rings. The Morgan fingerprint density at radius 2 is 2.25 bits per heavy atom. The maximum atomic E-state index is 13.6. The lowest BCUT2D eigenvalue weighted by molar-refractivity contribution is 0.110. The monoisotopic (exact) mass is 351 g/mol. The summed E-state index contributed by atoms with van der Waals surface area (Å²) in [5.74, 6) is -0.425. The molecule has 0 bridgehead atoms. The minimum absolute atomic E-state index is 0.0296. The van der Waals surface area contributed by atoms with E-state index in [9.17, 15) is 14.0 Å². The van der Waals surface area contributed by atoms with Gasteiger partial charge in [0.05, 0.1) is 15.9 Å². The Kier molecular flexibility index (Phi) is 3.94. The third-order valence-electron chi connectivity index (χ3n) is 3.29. The standard InChI is InChI=1S/C14H11ClFN5O3/c1-6(24-14(17)23)12-19-11-8(4-7(16)5-9(11)15)13(22)21(12)10-2-3-18-20-10/h2-6H,1H3,(H2,17,23)(H,18,20). The van der Waals surface area contributed by atoms with Crippen LogP contribution in [-0.4, -0.2) is 25.8 Å². The number of primary amides is 1. The van der Waals surface area contributed by atoms with Crippen molar-refractivity contribution in [2.75, 3.05) is 0 Å². The number of hydrogen-bond donors (Lipinski definition) is 2. The Labute approximate surface area is 139 Å². The Bertz CT molecular complexity index is 986. The van der Waals surface area contributed by atoms with Gasteiger partial charge in [0, 0.05) is 12.3 Å². The average molecular weight is 352 g/mol. The molecule has 0 saturated carbocycles. The predicted octanol–water partition coefficient (Wildman–Crippen LogP) is 2.06.